The molecular weight excluding hydrogens is 236 g/mol. The lowest BCUT2D eigenvalue weighted by Gasteiger charge is -2.25. The van der Waals surface area contributed by atoms with Gasteiger partial charge in [0.25, 0.3) is 0 Å². The molecule has 19 heavy (non-hydrogen) atoms. The maximum Gasteiger partial charge on any atom is 0.223 e. The molecule has 1 aromatic rings. The molecule has 3 heteroatoms. The van der Waals surface area contributed by atoms with Crippen LogP contribution in [-0.2, 0) is 11.3 Å². The molecule has 0 aromatic heterocycles. The van der Waals surface area contributed by atoms with Gasteiger partial charge in [-0.3, -0.25) is 4.79 Å². The normalized spacial score (nSPS) is 22.5. The fourth-order valence-electron chi connectivity index (χ4n) is 2.55. The fraction of sp³-hybridized carbons (Fsp3) is 0.500. The molecule has 1 aromatic carbocycles. The van der Waals surface area contributed by atoms with E-state index in [1.807, 2.05) is 12.1 Å². The number of rotatable bonds is 3. The van der Waals surface area contributed by atoms with Gasteiger partial charge in [-0.05, 0) is 49.3 Å². The molecule has 1 amide bonds. The first-order chi connectivity index (χ1) is 9.19. The van der Waals surface area contributed by atoms with E-state index in [1.165, 1.54) is 0 Å². The van der Waals surface area contributed by atoms with E-state index in [0.717, 1.165) is 37.2 Å². The Morgan fingerprint density at radius 3 is 2.47 bits per heavy atom. The van der Waals surface area contributed by atoms with Crippen LogP contribution in [0.4, 0.5) is 0 Å². The van der Waals surface area contributed by atoms with Gasteiger partial charge >= 0.3 is 0 Å². The molecule has 0 radical (unpaired) electrons. The minimum atomic E-state index is 0.177. The van der Waals surface area contributed by atoms with Gasteiger partial charge in [-0.25, -0.2) is 0 Å². The molecule has 100 valence electrons. The second-order valence-corrected chi connectivity index (χ2v) is 5.48. The molecule has 0 atom stereocenters. The molecular formula is C16H20N2O. The van der Waals surface area contributed by atoms with Gasteiger partial charge in [-0.2, -0.15) is 5.26 Å². The Labute approximate surface area is 114 Å². The first-order valence-electron chi connectivity index (χ1n) is 6.96. The van der Waals surface area contributed by atoms with E-state index < -0.39 is 0 Å². The van der Waals surface area contributed by atoms with E-state index >= 15 is 0 Å². The Morgan fingerprint density at radius 2 is 1.89 bits per heavy atom. The lowest BCUT2D eigenvalue weighted by Crippen LogP contribution is -2.32. The van der Waals surface area contributed by atoms with Gasteiger partial charge in [0.1, 0.15) is 0 Å². The number of nitriles is 1. The monoisotopic (exact) mass is 256 g/mol. The van der Waals surface area contributed by atoms with Crippen LogP contribution in [0, 0.1) is 23.2 Å². The van der Waals surface area contributed by atoms with Gasteiger partial charge in [0.05, 0.1) is 11.6 Å². The van der Waals surface area contributed by atoms with Crippen molar-refractivity contribution in [2.24, 2.45) is 11.8 Å². The second kappa shape index (κ2) is 6.38. The Morgan fingerprint density at radius 1 is 1.26 bits per heavy atom. The van der Waals surface area contributed by atoms with Crippen molar-refractivity contribution < 1.29 is 4.79 Å². The summed E-state index contributed by atoms with van der Waals surface area (Å²) in [5.41, 5.74) is 1.69. The Balaban J connectivity index is 1.81. The minimum absolute atomic E-state index is 0.177. The first kappa shape index (κ1) is 13.6. The van der Waals surface area contributed by atoms with Crippen molar-refractivity contribution in [1.29, 1.82) is 5.26 Å². The molecule has 0 bridgehead atoms. The van der Waals surface area contributed by atoms with Crippen LogP contribution in [-0.4, -0.2) is 5.91 Å². The summed E-state index contributed by atoms with van der Waals surface area (Å²) in [6.45, 7) is 2.81. The lowest BCUT2D eigenvalue weighted by atomic mass is 9.82. The zero-order valence-corrected chi connectivity index (χ0v) is 11.4. The van der Waals surface area contributed by atoms with Crippen LogP contribution in [0.5, 0.6) is 0 Å². The third-order valence-corrected chi connectivity index (χ3v) is 3.94. The van der Waals surface area contributed by atoms with Crippen molar-refractivity contribution in [1.82, 2.24) is 5.32 Å². The van der Waals surface area contributed by atoms with Crippen molar-refractivity contribution in [3.63, 3.8) is 0 Å². The summed E-state index contributed by atoms with van der Waals surface area (Å²) < 4.78 is 0. The highest BCUT2D eigenvalue weighted by atomic mass is 16.1. The fourth-order valence-corrected chi connectivity index (χ4v) is 2.55. The zero-order chi connectivity index (χ0) is 13.7. The van der Waals surface area contributed by atoms with E-state index in [1.54, 1.807) is 12.1 Å². The van der Waals surface area contributed by atoms with E-state index in [0.29, 0.717) is 12.1 Å². The Bertz CT molecular complexity index is 465. The molecule has 0 spiro atoms. The SMILES string of the molecule is CC1CCC(C(=O)NCc2ccc(C#N)cc2)CC1. The van der Waals surface area contributed by atoms with Gasteiger partial charge in [0, 0.05) is 12.5 Å². The highest BCUT2D eigenvalue weighted by Crippen LogP contribution is 2.28. The number of nitrogens with one attached hydrogen (secondary N) is 1. The Hall–Kier alpha value is -1.82. The van der Waals surface area contributed by atoms with Crippen molar-refractivity contribution in [2.45, 2.75) is 39.2 Å². The van der Waals surface area contributed by atoms with Crippen LogP contribution in [0.2, 0.25) is 0 Å². The third-order valence-electron chi connectivity index (χ3n) is 3.94. The van der Waals surface area contributed by atoms with E-state index in [4.69, 9.17) is 5.26 Å². The highest BCUT2D eigenvalue weighted by molar-refractivity contribution is 5.78. The molecule has 1 N–H and O–H groups in total. The van der Waals surface area contributed by atoms with Gasteiger partial charge in [0.15, 0.2) is 0 Å². The van der Waals surface area contributed by atoms with Crippen molar-refractivity contribution in [3.05, 3.63) is 35.4 Å². The summed E-state index contributed by atoms with van der Waals surface area (Å²) in [7, 11) is 0. The zero-order valence-electron chi connectivity index (χ0n) is 11.4. The number of nitrogens with zero attached hydrogens (tertiary/aromatic N) is 1. The molecule has 0 heterocycles. The number of amides is 1. The van der Waals surface area contributed by atoms with E-state index in [9.17, 15) is 4.79 Å². The van der Waals surface area contributed by atoms with E-state index in [2.05, 4.69) is 18.3 Å². The lowest BCUT2D eigenvalue weighted by molar-refractivity contribution is -0.126. The first-order valence-corrected chi connectivity index (χ1v) is 6.96. The molecule has 0 saturated heterocycles. The molecule has 1 fully saturated rings. The molecule has 1 aliphatic rings. The van der Waals surface area contributed by atoms with E-state index in [-0.39, 0.29) is 11.8 Å². The molecule has 3 nitrogen and oxygen atoms in total. The summed E-state index contributed by atoms with van der Waals surface area (Å²) >= 11 is 0. The van der Waals surface area contributed by atoms with Crippen LogP contribution >= 0.6 is 0 Å². The van der Waals surface area contributed by atoms with Crippen LogP contribution in [0.15, 0.2) is 24.3 Å². The van der Waals surface area contributed by atoms with Crippen molar-refractivity contribution >= 4 is 5.91 Å². The van der Waals surface area contributed by atoms with Crippen LogP contribution in [0.1, 0.15) is 43.7 Å². The number of hydrogen-bond acceptors (Lipinski definition) is 2. The maximum atomic E-state index is 12.0. The smallest absolute Gasteiger partial charge is 0.223 e. The van der Waals surface area contributed by atoms with Gasteiger partial charge in [-0.1, -0.05) is 19.1 Å². The summed E-state index contributed by atoms with van der Waals surface area (Å²) in [4.78, 5) is 12.0. The average molecular weight is 256 g/mol. The number of carbonyl (C=O) groups is 1. The van der Waals surface area contributed by atoms with Crippen LogP contribution < -0.4 is 5.32 Å². The van der Waals surface area contributed by atoms with Crippen molar-refractivity contribution in [2.75, 3.05) is 0 Å². The maximum absolute atomic E-state index is 12.0. The topological polar surface area (TPSA) is 52.9 Å². The Kier molecular flexibility index (Phi) is 4.57. The van der Waals surface area contributed by atoms with Crippen LogP contribution in [0.25, 0.3) is 0 Å². The number of carbonyl (C=O) groups excluding carboxylic acids is 1. The van der Waals surface area contributed by atoms with Crippen LogP contribution in [0.3, 0.4) is 0 Å². The second-order valence-electron chi connectivity index (χ2n) is 5.48. The van der Waals surface area contributed by atoms with Crippen molar-refractivity contribution in [3.8, 4) is 6.07 Å². The number of hydrogen-bond donors (Lipinski definition) is 1. The average Bonchev–Trinajstić information content (AvgIpc) is 2.46. The predicted molar refractivity (Wildman–Crippen MR) is 74.1 cm³/mol. The number of benzene rings is 1. The molecule has 0 aliphatic heterocycles. The van der Waals surface area contributed by atoms with Gasteiger partial charge in [-0.15, -0.1) is 0 Å². The minimum Gasteiger partial charge on any atom is -0.352 e. The molecule has 2 rings (SSSR count). The molecule has 1 saturated carbocycles. The quantitative estimate of drug-likeness (QED) is 0.903. The summed E-state index contributed by atoms with van der Waals surface area (Å²) in [5, 5.41) is 11.7. The standard InChI is InChI=1S/C16H20N2O/c1-12-2-8-15(9-3-12)16(19)18-11-14-6-4-13(10-17)5-7-14/h4-7,12,15H,2-3,8-9,11H2,1H3,(H,18,19). The van der Waals surface area contributed by atoms with Gasteiger partial charge < -0.3 is 5.32 Å². The largest absolute Gasteiger partial charge is 0.352 e. The summed E-state index contributed by atoms with van der Waals surface area (Å²) in [6, 6.07) is 9.43. The molecule has 1 aliphatic carbocycles. The summed E-state index contributed by atoms with van der Waals surface area (Å²) in [5.74, 6) is 1.13. The summed E-state index contributed by atoms with van der Waals surface area (Å²) in [6.07, 6.45) is 4.35. The molecule has 0 unspecified atom stereocenters. The highest BCUT2D eigenvalue weighted by Gasteiger charge is 2.23. The predicted octanol–water partition coefficient (Wildman–Crippen LogP) is 3.00. The van der Waals surface area contributed by atoms with Gasteiger partial charge in [0.2, 0.25) is 5.91 Å². The third kappa shape index (κ3) is 3.82.